The number of fused-ring (bicyclic) bond motifs is 1. The Kier molecular flexibility index (Phi) is 7.99. The van der Waals surface area contributed by atoms with Crippen LogP contribution in [0.25, 0.3) is 22.3 Å². The zero-order valence-electron chi connectivity index (χ0n) is 21.6. The van der Waals surface area contributed by atoms with Crippen molar-refractivity contribution < 1.29 is 13.2 Å². The Hall–Kier alpha value is -2.66. The number of sulfonamides is 1. The Labute approximate surface area is 219 Å². The van der Waals surface area contributed by atoms with Crippen LogP contribution in [0.2, 0.25) is 0 Å². The molecule has 3 aromatic rings. The molecular formula is C27H36N6O3S. The highest BCUT2D eigenvalue weighted by atomic mass is 32.2. The molecule has 1 atom stereocenters. The van der Waals surface area contributed by atoms with Crippen LogP contribution in [-0.2, 0) is 14.8 Å². The number of nitrogens with zero attached hydrogens (tertiary/aromatic N) is 4. The molecule has 1 aromatic carbocycles. The number of ether oxygens (including phenoxy) is 1. The van der Waals surface area contributed by atoms with Crippen molar-refractivity contribution in [3.05, 3.63) is 48.3 Å². The summed E-state index contributed by atoms with van der Waals surface area (Å²) < 4.78 is 32.4. The van der Waals surface area contributed by atoms with Crippen molar-refractivity contribution in [2.24, 2.45) is 0 Å². The van der Waals surface area contributed by atoms with Crippen LogP contribution in [0.15, 0.2) is 42.7 Å². The van der Waals surface area contributed by atoms with Crippen LogP contribution in [0.5, 0.6) is 0 Å². The molecule has 2 aromatic heterocycles. The SMILES string of the molecule is CCNC[C@@H](CNc1nc(-c2ccc(C3CCN(S(=O)(=O)C4CC4)CC3)cc2)cc2nccnc12)OC. The van der Waals surface area contributed by atoms with Gasteiger partial charge in [0.1, 0.15) is 5.52 Å². The van der Waals surface area contributed by atoms with E-state index in [1.165, 1.54) is 5.56 Å². The molecule has 2 aliphatic rings. The molecule has 0 spiro atoms. The molecule has 1 aliphatic carbocycles. The molecular weight excluding hydrogens is 488 g/mol. The summed E-state index contributed by atoms with van der Waals surface area (Å²) in [6.45, 7) is 5.53. The molecule has 37 heavy (non-hydrogen) atoms. The second-order valence-corrected chi connectivity index (χ2v) is 12.1. The molecule has 198 valence electrons. The number of hydrogen-bond donors (Lipinski definition) is 2. The molecule has 3 heterocycles. The Bertz CT molecular complexity index is 1310. The molecule has 0 amide bonds. The molecule has 1 saturated carbocycles. The Morgan fingerprint density at radius 3 is 2.46 bits per heavy atom. The summed E-state index contributed by atoms with van der Waals surface area (Å²) in [7, 11) is -1.37. The van der Waals surface area contributed by atoms with Gasteiger partial charge in [0.25, 0.3) is 0 Å². The summed E-state index contributed by atoms with van der Waals surface area (Å²) in [5.41, 5.74) is 4.59. The second-order valence-electron chi connectivity index (χ2n) is 9.87. The number of rotatable bonds is 11. The predicted octanol–water partition coefficient (Wildman–Crippen LogP) is 3.40. The van der Waals surface area contributed by atoms with Crippen LogP contribution in [0, 0.1) is 0 Å². The zero-order valence-corrected chi connectivity index (χ0v) is 22.4. The van der Waals surface area contributed by atoms with Crippen molar-refractivity contribution >= 4 is 26.9 Å². The number of likely N-dealkylation sites (N-methyl/N-ethyl adjacent to an activating group) is 1. The molecule has 0 bridgehead atoms. The van der Waals surface area contributed by atoms with Gasteiger partial charge in [-0.05, 0) is 49.8 Å². The third-order valence-corrected chi connectivity index (χ3v) is 9.75. The fraction of sp³-hybridized carbons (Fsp3) is 0.519. The highest BCUT2D eigenvalue weighted by Crippen LogP contribution is 2.36. The van der Waals surface area contributed by atoms with E-state index >= 15 is 0 Å². The molecule has 9 nitrogen and oxygen atoms in total. The van der Waals surface area contributed by atoms with E-state index in [4.69, 9.17) is 9.72 Å². The molecule has 5 rings (SSSR count). The Morgan fingerprint density at radius 2 is 1.78 bits per heavy atom. The topological polar surface area (TPSA) is 109 Å². The number of nitrogens with one attached hydrogen (secondary N) is 2. The number of benzene rings is 1. The Morgan fingerprint density at radius 1 is 1.05 bits per heavy atom. The third kappa shape index (κ3) is 5.93. The average Bonchev–Trinajstić information content (AvgIpc) is 3.80. The molecule has 1 saturated heterocycles. The molecule has 0 unspecified atom stereocenters. The van der Waals surface area contributed by atoms with Gasteiger partial charge < -0.3 is 15.4 Å². The predicted molar refractivity (Wildman–Crippen MR) is 146 cm³/mol. The average molecular weight is 525 g/mol. The maximum atomic E-state index is 12.6. The number of hydrogen-bond acceptors (Lipinski definition) is 8. The van der Waals surface area contributed by atoms with Crippen LogP contribution >= 0.6 is 0 Å². The minimum atomic E-state index is -3.08. The number of methoxy groups -OCH3 is 1. The van der Waals surface area contributed by atoms with E-state index in [1.807, 2.05) is 6.07 Å². The van der Waals surface area contributed by atoms with E-state index < -0.39 is 10.0 Å². The lowest BCUT2D eigenvalue weighted by atomic mass is 9.89. The van der Waals surface area contributed by atoms with Crippen molar-refractivity contribution in [1.29, 1.82) is 0 Å². The Balaban J connectivity index is 1.30. The van der Waals surface area contributed by atoms with E-state index in [0.717, 1.165) is 61.1 Å². The van der Waals surface area contributed by atoms with Crippen LogP contribution in [0.3, 0.4) is 0 Å². The number of pyridine rings is 1. The maximum absolute atomic E-state index is 12.6. The summed E-state index contributed by atoms with van der Waals surface area (Å²) in [4.78, 5) is 13.9. The van der Waals surface area contributed by atoms with Gasteiger partial charge in [0.2, 0.25) is 10.0 Å². The van der Waals surface area contributed by atoms with Crippen LogP contribution in [0.4, 0.5) is 5.82 Å². The van der Waals surface area contributed by atoms with Gasteiger partial charge in [-0.2, -0.15) is 0 Å². The lowest BCUT2D eigenvalue weighted by Gasteiger charge is -2.31. The first-order valence-electron chi connectivity index (χ1n) is 13.2. The first-order chi connectivity index (χ1) is 18.0. The van der Waals surface area contributed by atoms with Gasteiger partial charge in [-0.25, -0.2) is 22.7 Å². The van der Waals surface area contributed by atoms with Crippen molar-refractivity contribution in [2.75, 3.05) is 45.2 Å². The number of piperidine rings is 1. The summed E-state index contributed by atoms with van der Waals surface area (Å²) in [6, 6.07) is 10.5. The van der Waals surface area contributed by atoms with E-state index in [9.17, 15) is 8.42 Å². The minimum Gasteiger partial charge on any atom is -0.378 e. The largest absolute Gasteiger partial charge is 0.378 e. The smallest absolute Gasteiger partial charge is 0.216 e. The monoisotopic (exact) mass is 524 g/mol. The minimum absolute atomic E-state index is 0.00194. The molecule has 2 fully saturated rings. The standard InChI is InChI=1S/C27H36N6O3S/c1-3-28-17-22(36-2)18-31-27-26-25(29-12-13-30-26)16-24(32-27)21-6-4-19(5-7-21)20-10-14-33(15-11-20)37(34,35)23-8-9-23/h4-7,12-13,16,20,22-23,28H,3,8-11,14-15,17-18H2,1-2H3,(H,31,32)/t22-/m0/s1. The molecule has 2 N–H and O–H groups in total. The fourth-order valence-corrected chi connectivity index (χ4v) is 6.82. The first-order valence-corrected chi connectivity index (χ1v) is 14.7. The molecule has 1 aliphatic heterocycles. The summed E-state index contributed by atoms with van der Waals surface area (Å²) in [6.07, 6.45) is 6.72. The number of anilines is 1. The fourth-order valence-electron chi connectivity index (χ4n) is 4.94. The van der Waals surface area contributed by atoms with Crippen LogP contribution < -0.4 is 10.6 Å². The van der Waals surface area contributed by atoms with Gasteiger partial charge in [-0.1, -0.05) is 31.2 Å². The van der Waals surface area contributed by atoms with Crippen molar-refractivity contribution in [3.63, 3.8) is 0 Å². The van der Waals surface area contributed by atoms with Gasteiger partial charge in [0.15, 0.2) is 5.82 Å². The van der Waals surface area contributed by atoms with E-state index in [0.29, 0.717) is 31.4 Å². The quantitative estimate of drug-likeness (QED) is 0.393. The molecule has 0 radical (unpaired) electrons. The highest BCUT2D eigenvalue weighted by Gasteiger charge is 2.41. The number of aromatic nitrogens is 3. The second kappa shape index (κ2) is 11.4. The van der Waals surface area contributed by atoms with E-state index in [2.05, 4.69) is 51.8 Å². The summed E-state index contributed by atoms with van der Waals surface area (Å²) in [5, 5.41) is 6.60. The van der Waals surface area contributed by atoms with Gasteiger partial charge in [0, 0.05) is 51.2 Å². The lowest BCUT2D eigenvalue weighted by molar-refractivity contribution is 0.112. The van der Waals surface area contributed by atoms with Crippen molar-refractivity contribution in [3.8, 4) is 11.3 Å². The summed E-state index contributed by atoms with van der Waals surface area (Å²) in [5.74, 6) is 1.06. The summed E-state index contributed by atoms with van der Waals surface area (Å²) >= 11 is 0. The van der Waals surface area contributed by atoms with Gasteiger partial charge >= 0.3 is 0 Å². The van der Waals surface area contributed by atoms with Gasteiger partial charge in [0.05, 0.1) is 22.6 Å². The van der Waals surface area contributed by atoms with Crippen LogP contribution in [0.1, 0.15) is 44.1 Å². The maximum Gasteiger partial charge on any atom is 0.216 e. The van der Waals surface area contributed by atoms with Crippen LogP contribution in [-0.4, -0.2) is 78.9 Å². The highest BCUT2D eigenvalue weighted by molar-refractivity contribution is 7.90. The van der Waals surface area contributed by atoms with Gasteiger partial charge in [-0.3, -0.25) is 4.98 Å². The third-order valence-electron chi connectivity index (χ3n) is 7.35. The van der Waals surface area contributed by atoms with E-state index in [1.54, 1.807) is 23.8 Å². The first kappa shape index (κ1) is 26.0. The van der Waals surface area contributed by atoms with Crippen molar-refractivity contribution in [1.82, 2.24) is 24.6 Å². The van der Waals surface area contributed by atoms with E-state index in [-0.39, 0.29) is 11.4 Å². The molecule has 10 heteroatoms. The van der Waals surface area contributed by atoms with Crippen molar-refractivity contribution in [2.45, 2.75) is 49.9 Å². The normalized spacial score (nSPS) is 18.2. The zero-order chi connectivity index (χ0) is 25.8. The lowest BCUT2D eigenvalue weighted by Crippen LogP contribution is -2.39. The van der Waals surface area contributed by atoms with Gasteiger partial charge in [-0.15, -0.1) is 0 Å².